The van der Waals surface area contributed by atoms with Crippen LogP contribution in [0.3, 0.4) is 0 Å². The van der Waals surface area contributed by atoms with Crippen molar-refractivity contribution >= 4 is 11.5 Å². The van der Waals surface area contributed by atoms with Crippen molar-refractivity contribution in [3.8, 4) is 17.0 Å². The summed E-state index contributed by atoms with van der Waals surface area (Å²) < 4.78 is 41.1. The van der Waals surface area contributed by atoms with Gasteiger partial charge in [-0.25, -0.2) is 4.98 Å². The first-order chi connectivity index (χ1) is 13.8. The second kappa shape index (κ2) is 8.26. The van der Waals surface area contributed by atoms with E-state index in [9.17, 15) is 18.0 Å². The van der Waals surface area contributed by atoms with Crippen LogP contribution in [0, 0.1) is 5.41 Å². The molecule has 0 aliphatic rings. The van der Waals surface area contributed by atoms with E-state index in [1.165, 1.54) is 12.1 Å². The van der Waals surface area contributed by atoms with Crippen LogP contribution in [0.4, 0.5) is 13.2 Å². The number of alkyl halides is 3. The molecule has 0 aliphatic carbocycles. The Balaban J connectivity index is 1.82. The lowest BCUT2D eigenvalue weighted by atomic mass is 9.93. The van der Waals surface area contributed by atoms with Gasteiger partial charge in [-0.1, -0.05) is 19.1 Å². The summed E-state index contributed by atoms with van der Waals surface area (Å²) in [7, 11) is 0. The van der Waals surface area contributed by atoms with E-state index in [2.05, 4.69) is 19.7 Å². The molecule has 1 atom stereocenters. The van der Waals surface area contributed by atoms with E-state index in [1.807, 2.05) is 6.07 Å². The minimum atomic E-state index is -4.86. The molecular weight excluding hydrogens is 385 g/mol. The highest BCUT2D eigenvalue weighted by atomic mass is 19.4. The van der Waals surface area contributed by atoms with Crippen LogP contribution < -0.4 is 4.74 Å². The largest absolute Gasteiger partial charge is 0.573 e. The van der Waals surface area contributed by atoms with Crippen molar-refractivity contribution in [1.82, 2.24) is 15.0 Å². The van der Waals surface area contributed by atoms with E-state index in [4.69, 9.17) is 5.41 Å². The third kappa shape index (κ3) is 4.87. The lowest BCUT2D eigenvalue weighted by Crippen LogP contribution is -2.23. The predicted octanol–water partition coefficient (Wildman–Crippen LogP) is 4.77. The summed E-state index contributed by atoms with van der Waals surface area (Å²) in [5, 5.41) is 8.31. The van der Waals surface area contributed by atoms with Gasteiger partial charge < -0.3 is 15.1 Å². The number of halogens is 3. The number of imidazole rings is 1. The van der Waals surface area contributed by atoms with Gasteiger partial charge in [0.05, 0.1) is 23.5 Å². The normalized spacial score (nSPS) is 12.4. The van der Waals surface area contributed by atoms with Crippen molar-refractivity contribution in [3.05, 3.63) is 66.4 Å². The molecule has 2 aromatic heterocycles. The van der Waals surface area contributed by atoms with Crippen molar-refractivity contribution < 1.29 is 22.7 Å². The predicted molar refractivity (Wildman–Crippen MR) is 100 cm³/mol. The highest BCUT2D eigenvalue weighted by Crippen LogP contribution is 2.26. The molecule has 0 saturated carbocycles. The first-order valence-corrected chi connectivity index (χ1v) is 8.72. The minimum absolute atomic E-state index is 0.0609. The highest BCUT2D eigenvalue weighted by Gasteiger charge is 2.32. The van der Waals surface area contributed by atoms with Crippen LogP contribution in [0.1, 0.15) is 35.4 Å². The van der Waals surface area contributed by atoms with E-state index in [0.29, 0.717) is 17.9 Å². The molecular formula is C20H17F3N4O2. The van der Waals surface area contributed by atoms with Gasteiger partial charge in [-0.05, 0) is 30.7 Å². The van der Waals surface area contributed by atoms with Crippen LogP contribution in [-0.4, -0.2) is 32.8 Å². The lowest BCUT2D eigenvalue weighted by molar-refractivity contribution is -0.274. The lowest BCUT2D eigenvalue weighted by Gasteiger charge is -2.14. The summed E-state index contributed by atoms with van der Waals surface area (Å²) in [6.45, 7) is 1.79. The molecule has 3 rings (SSSR count). The van der Waals surface area contributed by atoms with Crippen molar-refractivity contribution in [3.63, 3.8) is 0 Å². The Labute approximate surface area is 164 Å². The molecule has 0 saturated heterocycles. The van der Waals surface area contributed by atoms with Gasteiger partial charge in [0.15, 0.2) is 0 Å². The number of hydrogen-bond acceptors (Lipinski definition) is 5. The van der Waals surface area contributed by atoms with E-state index in [1.54, 1.807) is 31.6 Å². The smallest absolute Gasteiger partial charge is 0.406 e. The number of nitrogens with zero attached hydrogens (tertiary/aromatic N) is 2. The fraction of sp³-hybridized carbons (Fsp3) is 0.200. The fourth-order valence-corrected chi connectivity index (χ4v) is 2.86. The van der Waals surface area contributed by atoms with Crippen LogP contribution in [0.2, 0.25) is 0 Å². The Hall–Kier alpha value is -3.49. The zero-order valence-electron chi connectivity index (χ0n) is 15.3. The molecule has 1 unspecified atom stereocenters. The molecule has 0 aliphatic heterocycles. The number of nitrogens with one attached hydrogen (secondary N) is 2. The maximum Gasteiger partial charge on any atom is 0.573 e. The third-order valence-corrected chi connectivity index (χ3v) is 4.23. The molecule has 3 aromatic rings. The van der Waals surface area contributed by atoms with Crippen molar-refractivity contribution in [2.45, 2.75) is 25.6 Å². The second-order valence-corrected chi connectivity index (χ2v) is 6.20. The van der Waals surface area contributed by atoms with E-state index in [-0.39, 0.29) is 11.3 Å². The molecule has 0 amide bonds. The average Bonchev–Trinajstić information content (AvgIpc) is 3.17. The molecule has 0 bridgehead atoms. The van der Waals surface area contributed by atoms with Crippen LogP contribution in [-0.2, 0) is 0 Å². The van der Waals surface area contributed by atoms with Crippen LogP contribution >= 0.6 is 0 Å². The fourth-order valence-electron chi connectivity index (χ4n) is 2.86. The number of carbonyl (C=O) groups excluding carboxylic acids is 1. The number of Topliss-reactive ketones (excluding diaryl/α,β-unsaturated/α-hetero) is 1. The topological polar surface area (TPSA) is 91.7 Å². The Morgan fingerprint density at radius 1 is 1.24 bits per heavy atom. The van der Waals surface area contributed by atoms with Crippen LogP contribution in [0.25, 0.3) is 11.3 Å². The number of rotatable bonds is 7. The maximum atomic E-state index is 12.7. The van der Waals surface area contributed by atoms with Gasteiger partial charge >= 0.3 is 6.36 Å². The Bertz CT molecular complexity index is 1020. The first kappa shape index (κ1) is 20.2. The molecule has 2 N–H and O–H groups in total. The summed E-state index contributed by atoms with van der Waals surface area (Å²) in [6, 6.07) is 8.30. The summed E-state index contributed by atoms with van der Waals surface area (Å²) >= 11 is 0. The Morgan fingerprint density at radius 2 is 2.03 bits per heavy atom. The quantitative estimate of drug-likeness (QED) is 0.440. The number of aromatic amines is 1. The number of pyridine rings is 1. The first-order valence-electron chi connectivity index (χ1n) is 8.72. The molecule has 1 aromatic carbocycles. The van der Waals surface area contributed by atoms with E-state index < -0.39 is 23.8 Å². The molecule has 0 radical (unpaired) electrons. The zero-order valence-corrected chi connectivity index (χ0v) is 15.3. The average molecular weight is 402 g/mol. The van der Waals surface area contributed by atoms with Crippen LogP contribution in [0.15, 0.2) is 55.0 Å². The summed E-state index contributed by atoms with van der Waals surface area (Å²) in [6.07, 6.45) is 0.424. The van der Waals surface area contributed by atoms with E-state index >= 15 is 0 Å². The zero-order chi connectivity index (χ0) is 21.0. The van der Waals surface area contributed by atoms with Gasteiger partial charge in [0.25, 0.3) is 0 Å². The van der Waals surface area contributed by atoms with Crippen molar-refractivity contribution in [2.24, 2.45) is 0 Å². The summed E-state index contributed by atoms with van der Waals surface area (Å²) in [4.78, 5) is 24.1. The van der Waals surface area contributed by atoms with Crippen molar-refractivity contribution in [2.75, 3.05) is 0 Å². The standard InChI is InChI=1S/C20H17F3N4O2/c1-2-15(19-26-11-16(27-19)13-6-4-8-25-10-13)17(24)18(28)12-5-3-7-14(9-12)29-20(21,22)23/h3-11,15,24H,2H2,1H3,(H,26,27). The molecule has 29 heavy (non-hydrogen) atoms. The van der Waals surface area contributed by atoms with Gasteiger partial charge in [0, 0.05) is 23.5 Å². The third-order valence-electron chi connectivity index (χ3n) is 4.23. The SMILES string of the molecule is CCC(C(=N)C(=O)c1cccc(OC(F)(F)F)c1)c1ncc(-c2cccnc2)[nH]1. The number of benzene rings is 1. The minimum Gasteiger partial charge on any atom is -0.406 e. The number of carbonyl (C=O) groups is 1. The highest BCUT2D eigenvalue weighted by molar-refractivity contribution is 6.46. The summed E-state index contributed by atoms with van der Waals surface area (Å²) in [5.74, 6) is -1.42. The molecule has 6 nitrogen and oxygen atoms in total. The van der Waals surface area contributed by atoms with Crippen molar-refractivity contribution in [1.29, 1.82) is 5.41 Å². The van der Waals surface area contributed by atoms with Gasteiger partial charge in [0.2, 0.25) is 5.78 Å². The summed E-state index contributed by atoms with van der Waals surface area (Å²) in [5.41, 5.74) is 1.15. The van der Waals surface area contributed by atoms with Crippen LogP contribution in [0.5, 0.6) is 5.75 Å². The molecule has 150 valence electrons. The molecule has 9 heteroatoms. The number of hydrogen-bond donors (Lipinski definition) is 2. The molecule has 2 heterocycles. The van der Waals surface area contributed by atoms with Gasteiger partial charge in [0.1, 0.15) is 11.6 Å². The molecule has 0 fully saturated rings. The number of aromatic nitrogens is 3. The van der Waals surface area contributed by atoms with Gasteiger partial charge in [-0.2, -0.15) is 0 Å². The Morgan fingerprint density at radius 3 is 2.69 bits per heavy atom. The maximum absolute atomic E-state index is 12.7. The van der Waals surface area contributed by atoms with Gasteiger partial charge in [-0.3, -0.25) is 9.78 Å². The van der Waals surface area contributed by atoms with E-state index in [0.717, 1.165) is 17.7 Å². The number of ketones is 1. The van der Waals surface area contributed by atoms with Gasteiger partial charge in [-0.15, -0.1) is 13.2 Å². The number of ether oxygens (including phenoxy) is 1. The second-order valence-electron chi connectivity index (χ2n) is 6.20. The number of H-pyrrole nitrogens is 1. The molecule has 0 spiro atoms. The monoisotopic (exact) mass is 402 g/mol. The Kier molecular flexibility index (Phi) is 5.76.